The van der Waals surface area contributed by atoms with E-state index in [1.165, 1.54) is 11.1 Å². The first-order chi connectivity index (χ1) is 13.2. The highest BCUT2D eigenvalue weighted by Crippen LogP contribution is 2.29. The van der Waals surface area contributed by atoms with Crippen LogP contribution in [-0.2, 0) is 6.42 Å². The summed E-state index contributed by atoms with van der Waals surface area (Å²) in [6.07, 6.45) is 0.795. The van der Waals surface area contributed by atoms with Gasteiger partial charge < -0.3 is 5.73 Å². The lowest BCUT2D eigenvalue weighted by Gasteiger charge is -2.14. The van der Waals surface area contributed by atoms with Gasteiger partial charge in [0.1, 0.15) is 5.82 Å². The average Bonchev–Trinajstić information content (AvgIpc) is 3.15. The number of benzene rings is 3. The summed E-state index contributed by atoms with van der Waals surface area (Å²) in [5.41, 5.74) is 12.4. The highest BCUT2D eigenvalue weighted by molar-refractivity contribution is 5.69. The molecule has 0 unspecified atom stereocenters. The Labute approximate surface area is 159 Å². The van der Waals surface area contributed by atoms with Crippen LogP contribution in [0.4, 0.5) is 5.69 Å². The Kier molecular flexibility index (Phi) is 4.47. The van der Waals surface area contributed by atoms with Crippen LogP contribution in [0.15, 0.2) is 72.8 Å². The topological polar surface area (TPSA) is 56.7 Å². The number of nitrogens with zero attached hydrogens (tertiary/aromatic N) is 3. The van der Waals surface area contributed by atoms with E-state index in [-0.39, 0.29) is 0 Å². The molecule has 1 aromatic heterocycles. The van der Waals surface area contributed by atoms with E-state index in [1.54, 1.807) is 0 Å². The second-order valence-electron chi connectivity index (χ2n) is 6.56. The molecular weight excluding hydrogens is 332 g/mol. The number of aromatic nitrogens is 3. The maximum atomic E-state index is 6.14. The fourth-order valence-electron chi connectivity index (χ4n) is 3.31. The van der Waals surface area contributed by atoms with Crippen molar-refractivity contribution in [2.24, 2.45) is 0 Å². The Morgan fingerprint density at radius 1 is 0.778 bits per heavy atom. The van der Waals surface area contributed by atoms with Crippen LogP contribution >= 0.6 is 0 Å². The molecule has 0 amide bonds. The van der Waals surface area contributed by atoms with Gasteiger partial charge in [-0.1, -0.05) is 67.6 Å². The monoisotopic (exact) mass is 354 g/mol. The van der Waals surface area contributed by atoms with Crippen molar-refractivity contribution in [1.82, 2.24) is 14.8 Å². The summed E-state index contributed by atoms with van der Waals surface area (Å²) in [6.45, 7) is 4.12. The zero-order valence-corrected chi connectivity index (χ0v) is 15.6. The van der Waals surface area contributed by atoms with Crippen molar-refractivity contribution in [3.63, 3.8) is 0 Å². The van der Waals surface area contributed by atoms with E-state index in [0.717, 1.165) is 40.6 Å². The normalized spacial score (nSPS) is 10.9. The third-order valence-electron chi connectivity index (χ3n) is 4.88. The lowest BCUT2D eigenvalue weighted by molar-refractivity contribution is 0.881. The largest absolute Gasteiger partial charge is 0.398 e. The van der Waals surface area contributed by atoms with Gasteiger partial charge in [-0.2, -0.15) is 0 Å². The van der Waals surface area contributed by atoms with Crippen LogP contribution in [0.5, 0.6) is 0 Å². The standard InChI is InChI=1S/C23H22N4/c1-3-22-25-26-23(27(22)21-11-7-10-20(24)16(21)2)19-14-12-18(13-15-19)17-8-5-4-6-9-17/h4-15H,3,24H2,1-2H3. The Bertz CT molecular complexity index is 1060. The number of aryl methyl sites for hydroxylation is 1. The second kappa shape index (κ2) is 7.08. The molecule has 0 spiro atoms. The van der Waals surface area contributed by atoms with Gasteiger partial charge >= 0.3 is 0 Å². The number of hydrogen-bond acceptors (Lipinski definition) is 3. The molecule has 0 saturated carbocycles. The van der Waals surface area contributed by atoms with Crippen LogP contribution in [0.25, 0.3) is 28.2 Å². The lowest BCUT2D eigenvalue weighted by Crippen LogP contribution is -2.06. The van der Waals surface area contributed by atoms with Crippen LogP contribution in [0.2, 0.25) is 0 Å². The molecule has 0 fully saturated rings. The van der Waals surface area contributed by atoms with Crippen LogP contribution in [0, 0.1) is 6.92 Å². The van der Waals surface area contributed by atoms with Crippen LogP contribution in [0.1, 0.15) is 18.3 Å². The molecule has 3 aromatic carbocycles. The molecule has 1 heterocycles. The van der Waals surface area contributed by atoms with E-state index >= 15 is 0 Å². The van der Waals surface area contributed by atoms with E-state index in [9.17, 15) is 0 Å². The second-order valence-corrected chi connectivity index (χ2v) is 6.56. The maximum absolute atomic E-state index is 6.14. The van der Waals surface area contributed by atoms with Gasteiger partial charge in [-0.15, -0.1) is 10.2 Å². The van der Waals surface area contributed by atoms with Gasteiger partial charge in [0.25, 0.3) is 0 Å². The third-order valence-corrected chi connectivity index (χ3v) is 4.88. The highest BCUT2D eigenvalue weighted by Gasteiger charge is 2.16. The summed E-state index contributed by atoms with van der Waals surface area (Å²) >= 11 is 0. The van der Waals surface area contributed by atoms with Gasteiger partial charge in [0.05, 0.1) is 5.69 Å². The first-order valence-electron chi connectivity index (χ1n) is 9.14. The smallest absolute Gasteiger partial charge is 0.168 e. The number of anilines is 1. The molecule has 0 atom stereocenters. The predicted molar refractivity (Wildman–Crippen MR) is 111 cm³/mol. The summed E-state index contributed by atoms with van der Waals surface area (Å²) in [5, 5.41) is 8.89. The van der Waals surface area contributed by atoms with Crippen molar-refractivity contribution in [3.05, 3.63) is 84.2 Å². The lowest BCUT2D eigenvalue weighted by atomic mass is 10.0. The fraction of sp³-hybridized carbons (Fsp3) is 0.130. The van der Waals surface area contributed by atoms with Crippen molar-refractivity contribution in [2.45, 2.75) is 20.3 Å². The van der Waals surface area contributed by atoms with E-state index in [1.807, 2.05) is 25.1 Å². The SMILES string of the molecule is CCc1nnc(-c2ccc(-c3ccccc3)cc2)n1-c1cccc(N)c1C. The molecule has 0 radical (unpaired) electrons. The molecule has 0 aliphatic heterocycles. The first kappa shape index (κ1) is 17.0. The molecule has 4 rings (SSSR count). The molecule has 0 bridgehead atoms. The molecule has 0 saturated heterocycles. The van der Waals surface area contributed by atoms with Gasteiger partial charge in [0.15, 0.2) is 5.82 Å². The van der Waals surface area contributed by atoms with Crippen molar-refractivity contribution in [2.75, 3.05) is 5.73 Å². The van der Waals surface area contributed by atoms with Crippen LogP contribution < -0.4 is 5.73 Å². The van der Waals surface area contributed by atoms with Crippen LogP contribution in [0.3, 0.4) is 0 Å². The van der Waals surface area contributed by atoms with Crippen LogP contribution in [-0.4, -0.2) is 14.8 Å². The molecule has 2 N–H and O–H groups in total. The van der Waals surface area contributed by atoms with Crippen molar-refractivity contribution in [1.29, 1.82) is 0 Å². The maximum Gasteiger partial charge on any atom is 0.168 e. The zero-order valence-electron chi connectivity index (χ0n) is 15.6. The molecular formula is C23H22N4. The van der Waals surface area contributed by atoms with Gasteiger partial charge in [-0.05, 0) is 35.7 Å². The Hall–Kier alpha value is -3.40. The van der Waals surface area contributed by atoms with Crippen molar-refractivity contribution in [3.8, 4) is 28.2 Å². The summed E-state index contributed by atoms with van der Waals surface area (Å²) < 4.78 is 2.11. The molecule has 27 heavy (non-hydrogen) atoms. The van der Waals surface area contributed by atoms with Crippen molar-refractivity contribution < 1.29 is 0 Å². The molecule has 0 aliphatic rings. The minimum absolute atomic E-state index is 0.772. The summed E-state index contributed by atoms with van der Waals surface area (Å²) in [5.74, 6) is 1.76. The third kappa shape index (κ3) is 3.10. The van der Waals surface area contributed by atoms with E-state index in [2.05, 4.69) is 76.3 Å². The minimum Gasteiger partial charge on any atom is -0.398 e. The number of rotatable bonds is 4. The fourth-order valence-corrected chi connectivity index (χ4v) is 3.31. The first-order valence-corrected chi connectivity index (χ1v) is 9.14. The van der Waals surface area contributed by atoms with Gasteiger partial charge in [-0.3, -0.25) is 4.57 Å². The summed E-state index contributed by atoms with van der Waals surface area (Å²) in [7, 11) is 0. The van der Waals surface area contributed by atoms with Gasteiger partial charge in [0, 0.05) is 17.7 Å². The Balaban J connectivity index is 1.81. The summed E-state index contributed by atoms with van der Waals surface area (Å²) in [6, 6.07) is 24.8. The Morgan fingerprint density at radius 2 is 1.44 bits per heavy atom. The molecule has 4 nitrogen and oxygen atoms in total. The quantitative estimate of drug-likeness (QED) is 0.522. The predicted octanol–water partition coefficient (Wildman–Crippen LogP) is 5.05. The number of hydrogen-bond donors (Lipinski definition) is 1. The highest BCUT2D eigenvalue weighted by atomic mass is 15.3. The van der Waals surface area contributed by atoms with Gasteiger partial charge in [0.2, 0.25) is 0 Å². The van der Waals surface area contributed by atoms with E-state index < -0.39 is 0 Å². The average molecular weight is 354 g/mol. The minimum atomic E-state index is 0.772. The molecule has 0 aliphatic carbocycles. The van der Waals surface area contributed by atoms with E-state index in [4.69, 9.17) is 5.73 Å². The zero-order chi connectivity index (χ0) is 18.8. The van der Waals surface area contributed by atoms with Gasteiger partial charge in [-0.25, -0.2) is 0 Å². The Morgan fingerprint density at radius 3 is 2.15 bits per heavy atom. The molecule has 4 heteroatoms. The van der Waals surface area contributed by atoms with E-state index in [0.29, 0.717) is 0 Å². The van der Waals surface area contributed by atoms with Crippen molar-refractivity contribution >= 4 is 5.69 Å². The number of nitrogens with two attached hydrogens (primary N) is 1. The summed E-state index contributed by atoms with van der Waals surface area (Å²) in [4.78, 5) is 0. The number of nitrogen functional groups attached to an aromatic ring is 1. The molecule has 134 valence electrons. The molecule has 4 aromatic rings.